The van der Waals surface area contributed by atoms with E-state index in [-0.39, 0.29) is 42.2 Å². The van der Waals surface area contributed by atoms with Crippen LogP contribution in [0.25, 0.3) is 0 Å². The largest absolute Gasteiger partial charge is 0.846 e. The minimum Gasteiger partial charge on any atom is -0.846 e. The van der Waals surface area contributed by atoms with Gasteiger partial charge in [-0.3, -0.25) is 4.79 Å². The van der Waals surface area contributed by atoms with Gasteiger partial charge in [0.2, 0.25) is 5.91 Å². The number of carbonyl (C=O) groups is 1. The van der Waals surface area contributed by atoms with Crippen LogP contribution < -0.4 is 15.7 Å². The first kappa shape index (κ1) is 19.6. The summed E-state index contributed by atoms with van der Waals surface area (Å²) in [7, 11) is 4.88. The van der Waals surface area contributed by atoms with Crippen molar-refractivity contribution in [2.75, 3.05) is 21.3 Å². The highest BCUT2D eigenvalue weighted by Crippen LogP contribution is 2.30. The molecule has 0 bridgehead atoms. The lowest BCUT2D eigenvalue weighted by molar-refractivity contribution is -0.751. The van der Waals surface area contributed by atoms with Gasteiger partial charge in [-0.05, 0) is 26.7 Å². The second kappa shape index (κ2) is 8.58. The minimum absolute atomic E-state index is 0.0262. The molecular formula is C17H32N2O5. The van der Waals surface area contributed by atoms with Gasteiger partial charge in [0.05, 0.1) is 24.3 Å². The standard InChI is InChI=1S/C17H31N2O5/c1-9-6-12(15(20)10(2)18-9)19-17(21)11-7-13(22-3)16(24-5)14(8-11)23-4/h9-16,18H,6-8H2,1-5H3,(H,19,21)/q-1/p+1. The number of quaternary nitrogens is 1. The Balaban J connectivity index is 2.01. The molecule has 0 radical (unpaired) electrons. The molecule has 0 aromatic rings. The fraction of sp³-hybridized carbons (Fsp3) is 0.941. The van der Waals surface area contributed by atoms with E-state index in [9.17, 15) is 9.90 Å². The van der Waals surface area contributed by atoms with E-state index in [0.717, 1.165) is 0 Å². The summed E-state index contributed by atoms with van der Waals surface area (Å²) in [5, 5.41) is 17.5. The normalized spacial score (nSPS) is 43.4. The van der Waals surface area contributed by atoms with E-state index in [4.69, 9.17) is 14.2 Å². The number of hydrogen-bond acceptors (Lipinski definition) is 5. The number of rotatable bonds is 5. The molecule has 6 atom stereocenters. The van der Waals surface area contributed by atoms with E-state index >= 15 is 0 Å². The van der Waals surface area contributed by atoms with E-state index in [1.807, 2.05) is 6.92 Å². The van der Waals surface area contributed by atoms with Gasteiger partial charge in [0.15, 0.2) is 0 Å². The second-order valence-electron chi connectivity index (χ2n) is 7.26. The van der Waals surface area contributed by atoms with Crippen LogP contribution in [-0.4, -0.2) is 69.8 Å². The third-order valence-corrected chi connectivity index (χ3v) is 5.52. The number of carbonyl (C=O) groups excluding carboxylic acids is 1. The molecule has 1 amide bonds. The van der Waals surface area contributed by atoms with Gasteiger partial charge in [0.1, 0.15) is 6.10 Å². The van der Waals surface area contributed by atoms with Crippen molar-refractivity contribution in [3.63, 3.8) is 0 Å². The number of nitrogens with two attached hydrogens (primary N) is 1. The van der Waals surface area contributed by atoms with Crippen molar-refractivity contribution in [1.29, 1.82) is 0 Å². The van der Waals surface area contributed by atoms with Crippen LogP contribution in [0.3, 0.4) is 0 Å². The van der Waals surface area contributed by atoms with Crippen LogP contribution in [0.15, 0.2) is 0 Å². The van der Waals surface area contributed by atoms with Gasteiger partial charge in [-0.2, -0.15) is 0 Å². The van der Waals surface area contributed by atoms with Crippen LogP contribution in [-0.2, 0) is 19.0 Å². The van der Waals surface area contributed by atoms with Crippen LogP contribution in [0.2, 0.25) is 0 Å². The maximum atomic E-state index is 12.7. The van der Waals surface area contributed by atoms with Gasteiger partial charge >= 0.3 is 0 Å². The number of piperidine rings is 1. The molecule has 3 N–H and O–H groups in total. The number of amides is 1. The third-order valence-electron chi connectivity index (χ3n) is 5.52. The molecule has 140 valence electrons. The van der Waals surface area contributed by atoms with E-state index in [2.05, 4.69) is 17.6 Å². The van der Waals surface area contributed by atoms with Gasteiger partial charge in [0, 0.05) is 39.7 Å². The molecule has 7 nitrogen and oxygen atoms in total. The first-order valence-electron chi connectivity index (χ1n) is 8.80. The highest BCUT2D eigenvalue weighted by Gasteiger charge is 2.42. The van der Waals surface area contributed by atoms with Gasteiger partial charge in [-0.25, -0.2) is 0 Å². The molecule has 1 saturated carbocycles. The molecule has 2 aliphatic rings. The lowest BCUT2D eigenvalue weighted by Gasteiger charge is -2.44. The monoisotopic (exact) mass is 344 g/mol. The zero-order valence-electron chi connectivity index (χ0n) is 15.4. The first-order chi connectivity index (χ1) is 11.4. The minimum atomic E-state index is -0.781. The quantitative estimate of drug-likeness (QED) is 0.626. The Morgan fingerprint density at radius 2 is 1.62 bits per heavy atom. The van der Waals surface area contributed by atoms with Gasteiger partial charge in [0.25, 0.3) is 0 Å². The van der Waals surface area contributed by atoms with Crippen molar-refractivity contribution >= 4 is 5.91 Å². The molecular weight excluding hydrogens is 312 g/mol. The lowest BCUT2D eigenvalue weighted by Crippen LogP contribution is -3.00. The lowest BCUT2D eigenvalue weighted by atomic mass is 9.82. The van der Waals surface area contributed by atoms with Crippen molar-refractivity contribution in [1.82, 2.24) is 5.32 Å². The van der Waals surface area contributed by atoms with Crippen LogP contribution in [0, 0.1) is 5.92 Å². The maximum absolute atomic E-state index is 12.7. The third kappa shape index (κ3) is 4.26. The zero-order valence-corrected chi connectivity index (χ0v) is 15.4. The van der Waals surface area contributed by atoms with Crippen molar-refractivity contribution < 1.29 is 29.4 Å². The molecule has 6 unspecified atom stereocenters. The van der Waals surface area contributed by atoms with Crippen LogP contribution in [0.5, 0.6) is 0 Å². The summed E-state index contributed by atoms with van der Waals surface area (Å²) in [5.74, 6) is -0.296. The maximum Gasteiger partial charge on any atom is 0.223 e. The summed E-state index contributed by atoms with van der Waals surface area (Å²) < 4.78 is 16.5. The summed E-state index contributed by atoms with van der Waals surface area (Å²) in [6.07, 6.45) is 0.522. The Bertz CT molecular complexity index is 408. The molecule has 1 aliphatic carbocycles. The SMILES string of the molecule is COC1CC(C(=O)NC2CC(C)[NH2+]C(C)C2[O-])CC(OC)C1OC. The number of methoxy groups -OCH3 is 3. The average molecular weight is 344 g/mol. The van der Waals surface area contributed by atoms with E-state index in [1.54, 1.807) is 21.3 Å². The van der Waals surface area contributed by atoms with Gasteiger partial charge in [-0.15, -0.1) is 0 Å². The van der Waals surface area contributed by atoms with E-state index < -0.39 is 6.10 Å². The summed E-state index contributed by atoms with van der Waals surface area (Å²) in [4.78, 5) is 12.7. The number of hydrogen-bond donors (Lipinski definition) is 2. The van der Waals surface area contributed by atoms with Crippen molar-refractivity contribution in [2.24, 2.45) is 5.92 Å². The number of nitrogens with one attached hydrogen (secondary N) is 1. The molecule has 0 aromatic carbocycles. The molecule has 1 aliphatic heterocycles. The van der Waals surface area contributed by atoms with Crippen molar-refractivity contribution in [3.05, 3.63) is 0 Å². The number of ether oxygens (including phenoxy) is 3. The Morgan fingerprint density at radius 3 is 2.12 bits per heavy atom. The topological polar surface area (TPSA) is 96.5 Å². The van der Waals surface area contributed by atoms with E-state index in [1.165, 1.54) is 0 Å². The Morgan fingerprint density at radius 1 is 1.04 bits per heavy atom. The molecule has 1 saturated heterocycles. The molecule has 2 rings (SSSR count). The Hall–Kier alpha value is -0.730. The molecule has 24 heavy (non-hydrogen) atoms. The average Bonchev–Trinajstić information content (AvgIpc) is 2.57. The smallest absolute Gasteiger partial charge is 0.223 e. The summed E-state index contributed by atoms with van der Waals surface area (Å²) >= 11 is 0. The molecule has 7 heteroatoms. The van der Waals surface area contributed by atoms with E-state index in [0.29, 0.717) is 25.3 Å². The predicted molar refractivity (Wildman–Crippen MR) is 86.3 cm³/mol. The van der Waals surface area contributed by atoms with Gasteiger partial charge in [-0.1, -0.05) is 6.10 Å². The van der Waals surface area contributed by atoms with Crippen molar-refractivity contribution in [2.45, 2.75) is 75.7 Å². The highest BCUT2D eigenvalue weighted by atomic mass is 16.6. The fourth-order valence-corrected chi connectivity index (χ4v) is 4.19. The first-order valence-corrected chi connectivity index (χ1v) is 8.80. The Labute approximate surface area is 144 Å². The second-order valence-corrected chi connectivity index (χ2v) is 7.26. The van der Waals surface area contributed by atoms with Crippen LogP contribution >= 0.6 is 0 Å². The molecule has 0 spiro atoms. The van der Waals surface area contributed by atoms with Crippen LogP contribution in [0.4, 0.5) is 0 Å². The molecule has 1 heterocycles. The van der Waals surface area contributed by atoms with Crippen molar-refractivity contribution in [3.8, 4) is 0 Å². The predicted octanol–water partition coefficient (Wildman–Crippen LogP) is -1.60. The highest BCUT2D eigenvalue weighted by molar-refractivity contribution is 5.79. The zero-order chi connectivity index (χ0) is 17.9. The molecule has 2 fully saturated rings. The summed E-state index contributed by atoms with van der Waals surface area (Å²) in [5.41, 5.74) is 0. The van der Waals surface area contributed by atoms with Gasteiger partial charge < -0.3 is 30.0 Å². The summed E-state index contributed by atoms with van der Waals surface area (Å²) in [6.45, 7) is 4.02. The molecule has 0 aromatic heterocycles. The Kier molecular flexibility index (Phi) is 7.00. The van der Waals surface area contributed by atoms with Crippen LogP contribution in [0.1, 0.15) is 33.1 Å². The summed E-state index contributed by atoms with van der Waals surface area (Å²) in [6, 6.07) is 0.00883. The fourth-order valence-electron chi connectivity index (χ4n) is 4.19.